The second kappa shape index (κ2) is 4.48. The fourth-order valence-corrected chi connectivity index (χ4v) is 2.95. The Labute approximate surface area is 105 Å². The lowest BCUT2D eigenvalue weighted by atomic mass is 9.87. The molecule has 5 heteroatoms. The molecule has 96 valence electrons. The predicted molar refractivity (Wildman–Crippen MR) is 63.9 cm³/mol. The number of nitrogens with zero attached hydrogens (tertiary/aromatic N) is 1. The molecular formula is C13H16N2O3. The first-order chi connectivity index (χ1) is 8.75. The fraction of sp³-hybridized carbons (Fsp3) is 0.538. The molecule has 1 aromatic heterocycles. The average molecular weight is 248 g/mol. The van der Waals surface area contributed by atoms with E-state index in [0.29, 0.717) is 5.56 Å². The van der Waals surface area contributed by atoms with Crippen molar-refractivity contribution in [3.8, 4) is 0 Å². The number of hydrogen-bond acceptors (Lipinski definition) is 3. The molecule has 0 radical (unpaired) electrons. The third kappa shape index (κ3) is 1.89. The number of fused-ring (bicyclic) bond motifs is 1. The quantitative estimate of drug-likeness (QED) is 0.811. The van der Waals surface area contributed by atoms with E-state index in [0.717, 1.165) is 25.7 Å². The van der Waals surface area contributed by atoms with E-state index >= 15 is 0 Å². The number of nitrogens with one attached hydrogen (secondary N) is 1. The van der Waals surface area contributed by atoms with Gasteiger partial charge in [0.15, 0.2) is 0 Å². The molecule has 1 aliphatic heterocycles. The molecule has 1 saturated carbocycles. The minimum Gasteiger partial charge on any atom is -0.472 e. The highest BCUT2D eigenvalue weighted by atomic mass is 16.3. The van der Waals surface area contributed by atoms with Gasteiger partial charge in [-0.3, -0.25) is 9.59 Å². The highest BCUT2D eigenvalue weighted by Crippen LogP contribution is 2.27. The zero-order valence-corrected chi connectivity index (χ0v) is 10.1. The summed E-state index contributed by atoms with van der Waals surface area (Å²) >= 11 is 0. The van der Waals surface area contributed by atoms with E-state index in [2.05, 4.69) is 5.32 Å². The van der Waals surface area contributed by atoms with E-state index in [4.69, 9.17) is 4.42 Å². The molecule has 2 atom stereocenters. The molecule has 2 aliphatic rings. The zero-order chi connectivity index (χ0) is 12.5. The first kappa shape index (κ1) is 11.3. The van der Waals surface area contributed by atoms with Gasteiger partial charge in [-0.1, -0.05) is 12.8 Å². The van der Waals surface area contributed by atoms with Crippen LogP contribution in [0.4, 0.5) is 0 Å². The van der Waals surface area contributed by atoms with Crippen molar-refractivity contribution in [2.24, 2.45) is 0 Å². The standard InChI is InChI=1S/C13H16N2O3/c16-12-7-15(13(17)9-5-6-18-8-9)11-4-2-1-3-10(11)14-12/h5-6,8,10-11H,1-4,7H2,(H,14,16)/t10-,11+/m0/s1. The van der Waals surface area contributed by atoms with Gasteiger partial charge in [0.1, 0.15) is 12.8 Å². The van der Waals surface area contributed by atoms with E-state index in [9.17, 15) is 9.59 Å². The predicted octanol–water partition coefficient (Wildman–Crippen LogP) is 1.16. The van der Waals surface area contributed by atoms with Crippen LogP contribution in [0.2, 0.25) is 0 Å². The summed E-state index contributed by atoms with van der Waals surface area (Å²) < 4.78 is 4.94. The topological polar surface area (TPSA) is 62.6 Å². The number of hydrogen-bond donors (Lipinski definition) is 1. The molecule has 2 amide bonds. The summed E-state index contributed by atoms with van der Waals surface area (Å²) in [7, 11) is 0. The van der Waals surface area contributed by atoms with Crippen molar-refractivity contribution in [1.82, 2.24) is 10.2 Å². The summed E-state index contributed by atoms with van der Waals surface area (Å²) in [6, 6.07) is 1.90. The van der Waals surface area contributed by atoms with Gasteiger partial charge in [-0.15, -0.1) is 0 Å². The largest absolute Gasteiger partial charge is 0.472 e. The highest BCUT2D eigenvalue weighted by molar-refractivity contribution is 5.97. The molecule has 0 unspecified atom stereocenters. The maximum Gasteiger partial charge on any atom is 0.257 e. The first-order valence-corrected chi connectivity index (χ1v) is 6.38. The fourth-order valence-electron chi connectivity index (χ4n) is 2.95. The smallest absolute Gasteiger partial charge is 0.257 e. The summed E-state index contributed by atoms with van der Waals surface area (Å²) in [5, 5.41) is 2.99. The van der Waals surface area contributed by atoms with Crippen LogP contribution in [0, 0.1) is 0 Å². The van der Waals surface area contributed by atoms with Crippen molar-refractivity contribution in [2.45, 2.75) is 37.8 Å². The van der Waals surface area contributed by atoms with Gasteiger partial charge in [0.2, 0.25) is 5.91 Å². The van der Waals surface area contributed by atoms with Gasteiger partial charge >= 0.3 is 0 Å². The third-order valence-corrected chi connectivity index (χ3v) is 3.82. The van der Waals surface area contributed by atoms with Crippen molar-refractivity contribution in [1.29, 1.82) is 0 Å². The Morgan fingerprint density at radius 2 is 2.22 bits per heavy atom. The van der Waals surface area contributed by atoms with Crippen LogP contribution in [0.25, 0.3) is 0 Å². The molecule has 5 nitrogen and oxygen atoms in total. The van der Waals surface area contributed by atoms with Crippen LogP contribution in [-0.2, 0) is 4.79 Å². The molecule has 2 fully saturated rings. The van der Waals surface area contributed by atoms with Crippen LogP contribution in [0.15, 0.2) is 23.0 Å². The Kier molecular flexibility index (Phi) is 2.81. The van der Waals surface area contributed by atoms with Crippen molar-refractivity contribution < 1.29 is 14.0 Å². The molecule has 18 heavy (non-hydrogen) atoms. The van der Waals surface area contributed by atoms with Crippen molar-refractivity contribution >= 4 is 11.8 Å². The van der Waals surface area contributed by atoms with Crippen LogP contribution in [0.3, 0.4) is 0 Å². The van der Waals surface area contributed by atoms with Crippen molar-refractivity contribution in [3.05, 3.63) is 24.2 Å². The number of amides is 2. The Morgan fingerprint density at radius 1 is 1.39 bits per heavy atom. The monoisotopic (exact) mass is 248 g/mol. The Hall–Kier alpha value is -1.78. The lowest BCUT2D eigenvalue weighted by molar-refractivity contribution is -0.127. The molecule has 1 aromatic rings. The number of furan rings is 1. The van der Waals surface area contributed by atoms with Gasteiger partial charge in [-0.2, -0.15) is 0 Å². The third-order valence-electron chi connectivity index (χ3n) is 3.82. The van der Waals surface area contributed by atoms with Gasteiger partial charge in [0.25, 0.3) is 5.91 Å². The molecule has 0 aromatic carbocycles. The summed E-state index contributed by atoms with van der Waals surface area (Å²) in [6.45, 7) is 0.158. The number of carbonyl (C=O) groups excluding carboxylic acids is 2. The summed E-state index contributed by atoms with van der Waals surface area (Å²) in [6.07, 6.45) is 7.09. The van der Waals surface area contributed by atoms with Gasteiger partial charge in [-0.25, -0.2) is 0 Å². The molecule has 0 spiro atoms. The lowest BCUT2D eigenvalue weighted by Gasteiger charge is -2.43. The van der Waals surface area contributed by atoms with Crippen molar-refractivity contribution in [2.75, 3.05) is 6.54 Å². The molecular weight excluding hydrogens is 232 g/mol. The molecule has 1 N–H and O–H groups in total. The average Bonchev–Trinajstić information content (AvgIpc) is 2.90. The normalized spacial score (nSPS) is 27.6. The maximum atomic E-state index is 12.3. The van der Waals surface area contributed by atoms with Gasteiger partial charge in [-0.05, 0) is 18.9 Å². The summed E-state index contributed by atoms with van der Waals surface area (Å²) in [5.74, 6) is -0.162. The van der Waals surface area contributed by atoms with E-state index in [1.165, 1.54) is 12.5 Å². The van der Waals surface area contributed by atoms with Gasteiger partial charge < -0.3 is 14.6 Å². The summed E-state index contributed by atoms with van der Waals surface area (Å²) in [5.41, 5.74) is 0.522. The molecule has 0 bridgehead atoms. The van der Waals surface area contributed by atoms with Crippen LogP contribution < -0.4 is 5.32 Å². The van der Waals surface area contributed by atoms with Crippen molar-refractivity contribution in [3.63, 3.8) is 0 Å². The Bertz CT molecular complexity index is 455. The molecule has 3 rings (SSSR count). The number of piperazine rings is 1. The van der Waals surface area contributed by atoms with Crippen LogP contribution in [0.5, 0.6) is 0 Å². The van der Waals surface area contributed by atoms with E-state index in [1.54, 1.807) is 11.0 Å². The minimum absolute atomic E-state index is 0.0602. The van der Waals surface area contributed by atoms with Gasteiger partial charge in [0, 0.05) is 6.04 Å². The van der Waals surface area contributed by atoms with E-state index in [-0.39, 0.29) is 30.4 Å². The number of rotatable bonds is 1. The van der Waals surface area contributed by atoms with Crippen LogP contribution >= 0.6 is 0 Å². The SMILES string of the molecule is O=C1CN(C(=O)c2ccoc2)[C@@H]2CCCC[C@@H]2N1. The van der Waals surface area contributed by atoms with E-state index in [1.807, 2.05) is 0 Å². The highest BCUT2D eigenvalue weighted by Gasteiger charge is 2.39. The minimum atomic E-state index is -0.101. The first-order valence-electron chi connectivity index (χ1n) is 6.38. The van der Waals surface area contributed by atoms with E-state index < -0.39 is 0 Å². The molecule has 2 heterocycles. The Morgan fingerprint density at radius 3 is 3.00 bits per heavy atom. The van der Waals surface area contributed by atoms with Crippen LogP contribution in [-0.4, -0.2) is 35.3 Å². The van der Waals surface area contributed by atoms with Crippen LogP contribution in [0.1, 0.15) is 36.0 Å². The lowest BCUT2D eigenvalue weighted by Crippen LogP contribution is -2.62. The second-order valence-corrected chi connectivity index (χ2v) is 4.97. The Balaban J connectivity index is 1.84. The van der Waals surface area contributed by atoms with Gasteiger partial charge in [0.05, 0.1) is 17.9 Å². The molecule has 1 saturated heterocycles. The second-order valence-electron chi connectivity index (χ2n) is 4.97. The number of carbonyl (C=O) groups is 2. The maximum absolute atomic E-state index is 12.3. The zero-order valence-electron chi connectivity index (χ0n) is 10.1. The summed E-state index contributed by atoms with van der Waals surface area (Å²) in [4.78, 5) is 25.7. The molecule has 1 aliphatic carbocycles.